The van der Waals surface area contributed by atoms with Crippen LogP contribution in [0.5, 0.6) is 0 Å². The average molecular weight is 371 g/mol. The fraction of sp³-hybridized carbons (Fsp3) is 0.625. The zero-order valence-corrected chi connectivity index (χ0v) is 15.8. The second-order valence-corrected chi connectivity index (χ2v) is 8.10. The number of rotatable bonds is 6. The van der Waals surface area contributed by atoms with E-state index in [1.807, 2.05) is 18.7 Å². The van der Waals surface area contributed by atoms with Crippen molar-refractivity contribution in [3.63, 3.8) is 0 Å². The van der Waals surface area contributed by atoms with Crippen LogP contribution in [0.4, 0.5) is 11.4 Å². The predicted molar refractivity (Wildman–Crippen MR) is 95.4 cm³/mol. The molecule has 2 rings (SSSR count). The second-order valence-electron chi connectivity index (χ2n) is 6.16. The number of ether oxygens (including phenoxy) is 1. The minimum absolute atomic E-state index is 0.0533. The highest BCUT2D eigenvalue weighted by Crippen LogP contribution is 2.33. The van der Waals surface area contributed by atoms with Crippen LogP contribution in [0, 0.1) is 10.1 Å². The molecule has 0 aromatic heterocycles. The van der Waals surface area contributed by atoms with Crippen molar-refractivity contribution in [3.8, 4) is 0 Å². The van der Waals surface area contributed by atoms with E-state index < -0.39 is 14.9 Å². The minimum atomic E-state index is -3.74. The monoisotopic (exact) mass is 371 g/mol. The zero-order valence-electron chi connectivity index (χ0n) is 15.0. The fourth-order valence-electron chi connectivity index (χ4n) is 3.16. The number of nitro benzene ring substituents is 1. The Balaban J connectivity index is 2.47. The van der Waals surface area contributed by atoms with E-state index >= 15 is 0 Å². The summed E-state index contributed by atoms with van der Waals surface area (Å²) < 4.78 is 32.2. The minimum Gasteiger partial charge on any atom is -0.372 e. The van der Waals surface area contributed by atoms with Gasteiger partial charge in [0.25, 0.3) is 5.69 Å². The topological polar surface area (TPSA) is 93.0 Å². The van der Waals surface area contributed by atoms with Gasteiger partial charge in [0, 0.05) is 32.2 Å². The van der Waals surface area contributed by atoms with Crippen molar-refractivity contribution in [3.05, 3.63) is 28.3 Å². The van der Waals surface area contributed by atoms with Crippen LogP contribution in [0.2, 0.25) is 0 Å². The number of hydrogen-bond donors (Lipinski definition) is 0. The first-order valence-electron chi connectivity index (χ1n) is 8.39. The van der Waals surface area contributed by atoms with E-state index in [0.717, 1.165) is 6.07 Å². The van der Waals surface area contributed by atoms with Gasteiger partial charge in [-0.1, -0.05) is 13.8 Å². The molecule has 1 fully saturated rings. The molecule has 9 heteroatoms. The first kappa shape index (κ1) is 19.6. The number of benzene rings is 1. The van der Waals surface area contributed by atoms with Gasteiger partial charge in [0.2, 0.25) is 10.0 Å². The van der Waals surface area contributed by atoms with E-state index in [9.17, 15) is 18.5 Å². The smallest absolute Gasteiger partial charge is 0.293 e. The maximum atomic E-state index is 12.6. The molecule has 0 unspecified atom stereocenters. The second kappa shape index (κ2) is 7.67. The average Bonchev–Trinajstić information content (AvgIpc) is 2.54. The highest BCUT2D eigenvalue weighted by molar-refractivity contribution is 7.89. The SMILES string of the molecule is CCN(CC)S(=O)(=O)c1ccc(N2C[C@@H](C)O[C@@H](C)C2)c([N+](=O)[O-])c1. The lowest BCUT2D eigenvalue weighted by Crippen LogP contribution is -2.45. The summed E-state index contributed by atoms with van der Waals surface area (Å²) in [5.74, 6) is 0. The van der Waals surface area contributed by atoms with E-state index in [1.165, 1.54) is 16.4 Å². The molecular weight excluding hydrogens is 346 g/mol. The van der Waals surface area contributed by atoms with Gasteiger partial charge in [-0.05, 0) is 26.0 Å². The number of anilines is 1. The third-order valence-corrected chi connectivity index (χ3v) is 6.29. The molecule has 0 radical (unpaired) electrons. The summed E-state index contributed by atoms with van der Waals surface area (Å²) in [4.78, 5) is 12.9. The molecule has 0 bridgehead atoms. The van der Waals surface area contributed by atoms with E-state index in [4.69, 9.17) is 4.74 Å². The molecule has 25 heavy (non-hydrogen) atoms. The molecule has 0 spiro atoms. The molecule has 2 atom stereocenters. The van der Waals surface area contributed by atoms with Crippen LogP contribution in [-0.2, 0) is 14.8 Å². The molecule has 8 nitrogen and oxygen atoms in total. The van der Waals surface area contributed by atoms with Crippen molar-refractivity contribution >= 4 is 21.4 Å². The maximum absolute atomic E-state index is 12.6. The fourth-order valence-corrected chi connectivity index (χ4v) is 4.64. The van der Waals surface area contributed by atoms with Crippen LogP contribution in [0.25, 0.3) is 0 Å². The molecule has 1 aromatic carbocycles. The first-order chi connectivity index (χ1) is 11.7. The highest BCUT2D eigenvalue weighted by Gasteiger charge is 2.30. The highest BCUT2D eigenvalue weighted by atomic mass is 32.2. The van der Waals surface area contributed by atoms with Crippen molar-refractivity contribution in [1.29, 1.82) is 0 Å². The van der Waals surface area contributed by atoms with Gasteiger partial charge in [0.1, 0.15) is 5.69 Å². The molecule has 1 saturated heterocycles. The standard InChI is InChI=1S/C16H25N3O5S/c1-5-18(6-2)25(22,23)14-7-8-15(16(9-14)19(20)21)17-10-12(3)24-13(4)11-17/h7-9,12-13H,5-6,10-11H2,1-4H3/t12-,13+. The van der Waals surface area contributed by atoms with Crippen LogP contribution in [0.15, 0.2) is 23.1 Å². The van der Waals surface area contributed by atoms with Gasteiger partial charge in [0.15, 0.2) is 0 Å². The lowest BCUT2D eigenvalue weighted by atomic mass is 10.2. The summed E-state index contributed by atoms with van der Waals surface area (Å²) in [5, 5.41) is 11.6. The molecule has 0 aliphatic carbocycles. The Kier molecular flexibility index (Phi) is 6.02. The van der Waals surface area contributed by atoms with Gasteiger partial charge in [-0.3, -0.25) is 10.1 Å². The number of nitrogens with zero attached hydrogens (tertiary/aromatic N) is 3. The third-order valence-electron chi connectivity index (χ3n) is 4.25. The normalized spacial score (nSPS) is 21.6. The molecule has 0 amide bonds. The Morgan fingerprint density at radius 2 is 1.80 bits per heavy atom. The maximum Gasteiger partial charge on any atom is 0.293 e. The number of hydrogen-bond acceptors (Lipinski definition) is 6. The summed E-state index contributed by atoms with van der Waals surface area (Å²) in [7, 11) is -3.74. The van der Waals surface area contributed by atoms with Crippen molar-refractivity contribution < 1.29 is 18.1 Å². The van der Waals surface area contributed by atoms with E-state index in [-0.39, 0.29) is 22.8 Å². The van der Waals surface area contributed by atoms with Gasteiger partial charge in [0.05, 0.1) is 22.0 Å². The van der Waals surface area contributed by atoms with Gasteiger partial charge < -0.3 is 9.64 Å². The van der Waals surface area contributed by atoms with Gasteiger partial charge >= 0.3 is 0 Å². The largest absolute Gasteiger partial charge is 0.372 e. The van der Waals surface area contributed by atoms with Crippen LogP contribution in [0.1, 0.15) is 27.7 Å². The molecule has 1 heterocycles. The Bertz CT molecular complexity index is 723. The van der Waals surface area contributed by atoms with Gasteiger partial charge in [-0.15, -0.1) is 0 Å². The summed E-state index contributed by atoms with van der Waals surface area (Å²) >= 11 is 0. The van der Waals surface area contributed by atoms with Crippen LogP contribution < -0.4 is 4.90 Å². The Morgan fingerprint density at radius 1 is 1.24 bits per heavy atom. The first-order valence-corrected chi connectivity index (χ1v) is 9.83. The van der Waals surface area contributed by atoms with Gasteiger partial charge in [-0.2, -0.15) is 4.31 Å². The Labute approximate surface area is 148 Å². The van der Waals surface area contributed by atoms with E-state index in [2.05, 4.69) is 0 Å². The predicted octanol–water partition coefficient (Wildman–Crippen LogP) is 2.24. The van der Waals surface area contributed by atoms with Crippen LogP contribution in [0.3, 0.4) is 0 Å². The van der Waals surface area contributed by atoms with Crippen molar-refractivity contribution in [2.45, 2.75) is 44.8 Å². The quantitative estimate of drug-likeness (QED) is 0.562. The zero-order chi connectivity index (χ0) is 18.8. The van der Waals surface area contributed by atoms with E-state index in [1.54, 1.807) is 13.8 Å². The lowest BCUT2D eigenvalue weighted by Gasteiger charge is -2.36. The third kappa shape index (κ3) is 4.10. The molecular formula is C16H25N3O5S. The van der Waals surface area contributed by atoms with Gasteiger partial charge in [-0.25, -0.2) is 8.42 Å². The van der Waals surface area contributed by atoms with Crippen LogP contribution in [-0.4, -0.2) is 56.0 Å². The number of nitro groups is 1. The molecule has 1 aromatic rings. The summed E-state index contributed by atoms with van der Waals surface area (Å²) in [6.07, 6.45) is -0.107. The Hall–Kier alpha value is -1.71. The van der Waals surface area contributed by atoms with E-state index in [0.29, 0.717) is 31.9 Å². The summed E-state index contributed by atoms with van der Waals surface area (Å²) in [6, 6.07) is 4.13. The van der Waals surface area contributed by atoms with Crippen molar-refractivity contribution in [2.24, 2.45) is 0 Å². The molecule has 140 valence electrons. The van der Waals surface area contributed by atoms with Crippen molar-refractivity contribution in [2.75, 3.05) is 31.1 Å². The molecule has 0 N–H and O–H groups in total. The molecule has 1 aliphatic heterocycles. The van der Waals surface area contributed by atoms with Crippen molar-refractivity contribution in [1.82, 2.24) is 4.31 Å². The molecule has 0 saturated carbocycles. The number of sulfonamides is 1. The van der Waals surface area contributed by atoms with Crippen LogP contribution >= 0.6 is 0 Å². The molecule has 1 aliphatic rings. The summed E-state index contributed by atoms with van der Waals surface area (Å²) in [6.45, 7) is 8.96. The lowest BCUT2D eigenvalue weighted by molar-refractivity contribution is -0.384. The number of morpholine rings is 1. The summed E-state index contributed by atoms with van der Waals surface area (Å²) in [5.41, 5.74) is 0.222. The Morgan fingerprint density at radius 3 is 2.28 bits per heavy atom.